The molecule has 5 saturated carbocycles. The average molecular weight is 395 g/mol. The van der Waals surface area contributed by atoms with E-state index >= 15 is 0 Å². The molecule has 1 aromatic heterocycles. The minimum Gasteiger partial charge on any atom is -0.298 e. The third kappa shape index (κ3) is 2.69. The second-order valence-electron chi connectivity index (χ2n) is 9.73. The molecule has 28 heavy (non-hydrogen) atoms. The zero-order valence-corrected chi connectivity index (χ0v) is 16.9. The number of fused-ring (bicyclic) bond motifs is 1. The van der Waals surface area contributed by atoms with E-state index in [2.05, 4.69) is 0 Å². The van der Waals surface area contributed by atoms with Crippen LogP contribution in [0.3, 0.4) is 0 Å². The van der Waals surface area contributed by atoms with Crippen LogP contribution < -0.4 is 5.56 Å². The van der Waals surface area contributed by atoms with E-state index in [0.717, 1.165) is 60.5 Å². The normalized spacial score (nSPS) is 33.5. The number of carbonyl (C=O) groups is 1. The molecule has 0 saturated heterocycles. The lowest BCUT2D eigenvalue weighted by Gasteiger charge is -2.56. The molecule has 1 aromatic carbocycles. The first kappa shape index (κ1) is 17.3. The van der Waals surface area contributed by atoms with Crippen LogP contribution in [0.1, 0.15) is 57.4 Å². The van der Waals surface area contributed by atoms with E-state index in [9.17, 15) is 9.59 Å². The molecule has 1 heterocycles. The van der Waals surface area contributed by atoms with Gasteiger partial charge in [0.05, 0.1) is 16.7 Å². The van der Waals surface area contributed by atoms with Gasteiger partial charge in [-0.1, -0.05) is 23.9 Å². The van der Waals surface area contributed by atoms with E-state index in [0.29, 0.717) is 16.9 Å². The molecule has 0 spiro atoms. The third-order valence-electron chi connectivity index (χ3n) is 7.65. The van der Waals surface area contributed by atoms with Gasteiger partial charge in [0.15, 0.2) is 5.16 Å². The minimum absolute atomic E-state index is 0.0536. The summed E-state index contributed by atoms with van der Waals surface area (Å²) in [6.07, 6.45) is 9.47. The lowest BCUT2D eigenvalue weighted by atomic mass is 9.48. The van der Waals surface area contributed by atoms with Gasteiger partial charge in [-0.3, -0.25) is 14.2 Å². The molecule has 146 valence electrons. The maximum Gasteiger partial charge on any atom is 0.262 e. The highest BCUT2D eigenvalue weighted by molar-refractivity contribution is 7.99. The topological polar surface area (TPSA) is 52.0 Å². The Kier molecular flexibility index (Phi) is 3.81. The summed E-state index contributed by atoms with van der Waals surface area (Å²) in [4.78, 5) is 31.2. The van der Waals surface area contributed by atoms with Gasteiger partial charge in [0.2, 0.25) is 0 Å². The van der Waals surface area contributed by atoms with Crippen LogP contribution in [0.4, 0.5) is 0 Å². The van der Waals surface area contributed by atoms with Crippen LogP contribution in [0.2, 0.25) is 0 Å². The van der Waals surface area contributed by atoms with Crippen molar-refractivity contribution in [1.82, 2.24) is 9.55 Å². The van der Waals surface area contributed by atoms with Crippen molar-refractivity contribution in [1.29, 1.82) is 0 Å². The Morgan fingerprint density at radius 2 is 1.71 bits per heavy atom. The van der Waals surface area contributed by atoms with E-state index in [1.807, 2.05) is 28.8 Å². The quantitative estimate of drug-likeness (QED) is 0.549. The summed E-state index contributed by atoms with van der Waals surface area (Å²) < 4.78 is 1.86. The molecular weight excluding hydrogens is 368 g/mol. The van der Waals surface area contributed by atoms with Crippen LogP contribution in [-0.4, -0.2) is 21.1 Å². The van der Waals surface area contributed by atoms with Crippen molar-refractivity contribution in [3.63, 3.8) is 0 Å². The van der Waals surface area contributed by atoms with Crippen molar-refractivity contribution in [2.24, 2.45) is 23.2 Å². The van der Waals surface area contributed by atoms with Crippen molar-refractivity contribution in [3.8, 4) is 0 Å². The average Bonchev–Trinajstić information content (AvgIpc) is 3.50. The van der Waals surface area contributed by atoms with Gasteiger partial charge in [-0.25, -0.2) is 4.98 Å². The van der Waals surface area contributed by atoms with E-state index in [1.165, 1.54) is 31.0 Å². The molecule has 0 unspecified atom stereocenters. The molecule has 0 atom stereocenters. The molecule has 2 aromatic rings. The Balaban J connectivity index is 1.29. The van der Waals surface area contributed by atoms with Gasteiger partial charge < -0.3 is 0 Å². The van der Waals surface area contributed by atoms with Gasteiger partial charge in [0.1, 0.15) is 5.78 Å². The van der Waals surface area contributed by atoms with Crippen LogP contribution in [0.5, 0.6) is 0 Å². The number of rotatable bonds is 5. The summed E-state index contributed by atoms with van der Waals surface area (Å²) in [5, 5.41) is 1.43. The Morgan fingerprint density at radius 1 is 1.07 bits per heavy atom. The standard InChI is InChI=1S/C23H26N2O2S/c26-20(23-10-14-7-15(11-23)9-16(8-14)12-23)13-28-22-24-19-4-2-1-3-18(19)21(27)25(22)17-5-6-17/h1-4,14-17H,5-13H2. The number of hydrogen-bond acceptors (Lipinski definition) is 4. The summed E-state index contributed by atoms with van der Waals surface area (Å²) >= 11 is 1.50. The Bertz CT molecular complexity index is 988. The summed E-state index contributed by atoms with van der Waals surface area (Å²) in [6.45, 7) is 0. The maximum atomic E-state index is 13.4. The van der Waals surface area contributed by atoms with Crippen molar-refractivity contribution in [2.75, 3.05) is 5.75 Å². The lowest BCUT2D eigenvalue weighted by molar-refractivity contribution is -0.141. The Hall–Kier alpha value is -1.62. The molecular formula is C23H26N2O2S. The van der Waals surface area contributed by atoms with Crippen LogP contribution in [-0.2, 0) is 4.79 Å². The number of carbonyl (C=O) groups excluding carboxylic acids is 1. The molecule has 4 nitrogen and oxygen atoms in total. The molecule has 0 radical (unpaired) electrons. The first-order chi connectivity index (χ1) is 13.6. The summed E-state index contributed by atoms with van der Waals surface area (Å²) in [7, 11) is 0. The highest BCUT2D eigenvalue weighted by Gasteiger charge is 2.54. The van der Waals surface area contributed by atoms with Gasteiger partial charge in [0, 0.05) is 11.5 Å². The zero-order valence-electron chi connectivity index (χ0n) is 16.1. The van der Waals surface area contributed by atoms with Crippen LogP contribution >= 0.6 is 11.8 Å². The van der Waals surface area contributed by atoms with Gasteiger partial charge in [-0.05, 0) is 81.3 Å². The highest BCUT2D eigenvalue weighted by Crippen LogP contribution is 2.60. The van der Waals surface area contributed by atoms with Crippen LogP contribution in [0, 0.1) is 23.2 Å². The molecule has 5 fully saturated rings. The molecule has 0 N–H and O–H groups in total. The highest BCUT2D eigenvalue weighted by atomic mass is 32.2. The SMILES string of the molecule is O=C(CSc1nc2ccccc2c(=O)n1C1CC1)C12CC3CC(CC(C3)C1)C2. The number of ketones is 1. The maximum absolute atomic E-state index is 13.4. The number of para-hydroxylation sites is 1. The van der Waals surface area contributed by atoms with Crippen molar-refractivity contribution in [2.45, 2.75) is 62.6 Å². The van der Waals surface area contributed by atoms with Crippen LogP contribution in [0.25, 0.3) is 10.9 Å². The Morgan fingerprint density at radius 3 is 2.36 bits per heavy atom. The summed E-state index contributed by atoms with van der Waals surface area (Å²) in [6, 6.07) is 7.84. The zero-order chi connectivity index (χ0) is 18.9. The molecule has 4 bridgehead atoms. The smallest absolute Gasteiger partial charge is 0.262 e. The molecule has 0 amide bonds. The molecule has 5 heteroatoms. The fourth-order valence-corrected chi connectivity index (χ4v) is 7.72. The van der Waals surface area contributed by atoms with E-state index < -0.39 is 0 Å². The van der Waals surface area contributed by atoms with E-state index in [4.69, 9.17) is 4.98 Å². The first-order valence-corrected chi connectivity index (χ1v) is 11.8. The van der Waals surface area contributed by atoms with Gasteiger partial charge >= 0.3 is 0 Å². The summed E-state index contributed by atoms with van der Waals surface area (Å²) in [5.41, 5.74) is 0.732. The molecule has 0 aliphatic heterocycles. The van der Waals surface area contributed by atoms with Crippen LogP contribution in [0.15, 0.2) is 34.2 Å². The number of thioether (sulfide) groups is 1. The molecule has 7 rings (SSSR count). The molecule has 5 aliphatic carbocycles. The Labute approximate surface area is 169 Å². The van der Waals surface area contributed by atoms with Crippen molar-refractivity contribution < 1.29 is 4.79 Å². The second kappa shape index (κ2) is 6.19. The van der Waals surface area contributed by atoms with Gasteiger partial charge in [-0.15, -0.1) is 0 Å². The second-order valence-corrected chi connectivity index (χ2v) is 10.7. The number of aromatic nitrogens is 2. The number of nitrogens with zero attached hydrogens (tertiary/aromatic N) is 2. The predicted molar refractivity (Wildman–Crippen MR) is 111 cm³/mol. The van der Waals surface area contributed by atoms with E-state index in [-0.39, 0.29) is 17.0 Å². The lowest BCUT2D eigenvalue weighted by Crippen LogP contribution is -2.50. The summed E-state index contributed by atoms with van der Waals surface area (Å²) in [5.74, 6) is 3.22. The van der Waals surface area contributed by atoms with Crippen molar-refractivity contribution in [3.05, 3.63) is 34.6 Å². The minimum atomic E-state index is -0.0662. The molecule has 5 aliphatic rings. The van der Waals surface area contributed by atoms with Gasteiger partial charge in [-0.2, -0.15) is 0 Å². The number of Topliss-reactive ketones (excluding diaryl/α,β-unsaturated/α-hetero) is 1. The van der Waals surface area contributed by atoms with Gasteiger partial charge in [0.25, 0.3) is 5.56 Å². The fraction of sp³-hybridized carbons (Fsp3) is 0.609. The third-order valence-corrected chi connectivity index (χ3v) is 8.60. The monoisotopic (exact) mass is 394 g/mol. The number of benzene rings is 1. The first-order valence-electron chi connectivity index (χ1n) is 10.8. The van der Waals surface area contributed by atoms with E-state index in [1.54, 1.807) is 0 Å². The predicted octanol–water partition coefficient (Wildman–Crippen LogP) is 4.61. The fourth-order valence-electron chi connectivity index (χ4n) is 6.62. The van der Waals surface area contributed by atoms with Crippen molar-refractivity contribution >= 4 is 28.4 Å². The number of hydrogen-bond donors (Lipinski definition) is 0. The largest absolute Gasteiger partial charge is 0.298 e.